The second-order valence-corrected chi connectivity index (χ2v) is 5.60. The Morgan fingerprint density at radius 3 is 2.79 bits per heavy atom. The lowest BCUT2D eigenvalue weighted by molar-refractivity contribution is -0.125. The van der Waals surface area contributed by atoms with Crippen molar-refractivity contribution in [1.82, 2.24) is 25.4 Å². The van der Waals surface area contributed by atoms with Crippen LogP contribution in [0.2, 0.25) is 0 Å². The molecule has 0 unspecified atom stereocenters. The summed E-state index contributed by atoms with van der Waals surface area (Å²) in [4.78, 5) is 26.0. The lowest BCUT2D eigenvalue weighted by Crippen LogP contribution is -2.34. The maximum absolute atomic E-state index is 12.4. The first kappa shape index (κ1) is 20.2. The molecule has 132 valence electrons. The van der Waals surface area contributed by atoms with Gasteiger partial charge in [-0.05, 0) is 11.1 Å². The summed E-state index contributed by atoms with van der Waals surface area (Å²) in [5.41, 5.74) is 1.81. The van der Waals surface area contributed by atoms with E-state index in [4.69, 9.17) is 0 Å². The molecule has 3 rings (SSSR count). The molecule has 0 saturated carbocycles. The van der Waals surface area contributed by atoms with Gasteiger partial charge in [-0.1, -0.05) is 6.07 Å². The molecule has 1 fully saturated rings. The standard InChI is InChI=1S/C15H19N5O2.2ClH/c1-20-9-11(6-19-20)12-7-16-8-13(12)15(22)18-5-10-2-3-14(21)17-4-10;;/h2-4,6,9,12-13,16H,5,7-8H2,1H3,(H,17,21)(H,18,22);2*1H/t12-,13+;;/m1../s1. The minimum atomic E-state index is -0.147. The fourth-order valence-electron chi connectivity index (χ4n) is 2.81. The minimum Gasteiger partial charge on any atom is -0.352 e. The molecule has 1 aliphatic heterocycles. The van der Waals surface area contributed by atoms with E-state index < -0.39 is 0 Å². The zero-order valence-electron chi connectivity index (χ0n) is 13.2. The Morgan fingerprint density at radius 2 is 2.17 bits per heavy atom. The predicted molar refractivity (Wildman–Crippen MR) is 95.7 cm³/mol. The van der Waals surface area contributed by atoms with Crippen molar-refractivity contribution in [1.29, 1.82) is 0 Å². The normalized spacial score (nSPS) is 19.2. The van der Waals surface area contributed by atoms with E-state index in [-0.39, 0.29) is 48.1 Å². The lowest BCUT2D eigenvalue weighted by Gasteiger charge is -2.17. The Labute approximate surface area is 152 Å². The minimum absolute atomic E-state index is 0. The number of nitrogens with one attached hydrogen (secondary N) is 3. The molecule has 3 N–H and O–H groups in total. The van der Waals surface area contributed by atoms with Crippen LogP contribution in [-0.2, 0) is 18.4 Å². The van der Waals surface area contributed by atoms with E-state index in [1.54, 1.807) is 16.9 Å². The van der Waals surface area contributed by atoms with E-state index in [0.29, 0.717) is 13.1 Å². The summed E-state index contributed by atoms with van der Waals surface area (Å²) in [5, 5.41) is 10.4. The Balaban J connectivity index is 0.00000144. The van der Waals surface area contributed by atoms with Crippen molar-refractivity contribution in [3.63, 3.8) is 0 Å². The van der Waals surface area contributed by atoms with Crippen molar-refractivity contribution in [2.75, 3.05) is 13.1 Å². The van der Waals surface area contributed by atoms with Crippen LogP contribution in [0.3, 0.4) is 0 Å². The third-order valence-corrected chi connectivity index (χ3v) is 4.02. The molecule has 7 nitrogen and oxygen atoms in total. The van der Waals surface area contributed by atoms with Crippen LogP contribution in [0.15, 0.2) is 35.5 Å². The monoisotopic (exact) mass is 373 g/mol. The first-order chi connectivity index (χ1) is 10.6. The van der Waals surface area contributed by atoms with Gasteiger partial charge in [0.2, 0.25) is 11.5 Å². The molecule has 0 spiro atoms. The number of rotatable bonds is 4. The summed E-state index contributed by atoms with van der Waals surface area (Å²) in [6, 6.07) is 3.17. The molecule has 3 heterocycles. The topological polar surface area (TPSA) is 91.8 Å². The first-order valence-corrected chi connectivity index (χ1v) is 7.28. The molecule has 0 aromatic carbocycles. The van der Waals surface area contributed by atoms with Crippen molar-refractivity contribution in [2.45, 2.75) is 12.5 Å². The summed E-state index contributed by atoms with van der Waals surface area (Å²) >= 11 is 0. The van der Waals surface area contributed by atoms with Crippen molar-refractivity contribution in [2.24, 2.45) is 13.0 Å². The van der Waals surface area contributed by atoms with Gasteiger partial charge in [0.05, 0.1) is 12.1 Å². The molecule has 1 saturated heterocycles. The molecule has 0 bridgehead atoms. The second-order valence-electron chi connectivity index (χ2n) is 5.60. The van der Waals surface area contributed by atoms with E-state index in [1.165, 1.54) is 6.07 Å². The van der Waals surface area contributed by atoms with Gasteiger partial charge in [-0.2, -0.15) is 5.10 Å². The molecule has 1 aliphatic rings. The highest BCUT2D eigenvalue weighted by molar-refractivity contribution is 5.85. The van der Waals surface area contributed by atoms with Crippen LogP contribution in [0.4, 0.5) is 0 Å². The fourth-order valence-corrected chi connectivity index (χ4v) is 2.81. The highest BCUT2D eigenvalue weighted by Crippen LogP contribution is 2.27. The summed E-state index contributed by atoms with van der Waals surface area (Å²) < 4.78 is 1.75. The third-order valence-electron chi connectivity index (χ3n) is 4.02. The number of hydrogen-bond donors (Lipinski definition) is 3. The number of carbonyl (C=O) groups is 1. The van der Waals surface area contributed by atoms with Gasteiger partial charge in [-0.3, -0.25) is 14.3 Å². The molecule has 2 atom stereocenters. The summed E-state index contributed by atoms with van der Waals surface area (Å²) in [5.74, 6) is 0.0568. The molecule has 1 amide bonds. The van der Waals surface area contributed by atoms with Gasteiger partial charge in [0.15, 0.2) is 0 Å². The van der Waals surface area contributed by atoms with Crippen molar-refractivity contribution >= 4 is 30.7 Å². The van der Waals surface area contributed by atoms with Crippen LogP contribution in [0.1, 0.15) is 17.0 Å². The molecule has 24 heavy (non-hydrogen) atoms. The van der Waals surface area contributed by atoms with Crippen LogP contribution in [-0.4, -0.2) is 33.8 Å². The van der Waals surface area contributed by atoms with Gasteiger partial charge in [-0.15, -0.1) is 24.8 Å². The maximum atomic E-state index is 12.4. The summed E-state index contributed by atoms with van der Waals surface area (Å²) in [6.07, 6.45) is 5.40. The number of amides is 1. The SMILES string of the molecule is Cl.Cl.Cn1cc([C@H]2CNC[C@@H]2C(=O)NCc2ccc(=O)[nH]c2)cn1. The van der Waals surface area contributed by atoms with Gasteiger partial charge in [0.25, 0.3) is 0 Å². The average Bonchev–Trinajstić information content (AvgIpc) is 3.14. The summed E-state index contributed by atoms with van der Waals surface area (Å²) in [7, 11) is 1.87. The number of hydrogen-bond acceptors (Lipinski definition) is 4. The molecular formula is C15H21Cl2N5O2. The number of pyridine rings is 1. The van der Waals surface area contributed by atoms with Crippen LogP contribution in [0.5, 0.6) is 0 Å². The van der Waals surface area contributed by atoms with Crippen molar-refractivity contribution in [3.05, 3.63) is 52.2 Å². The molecule has 0 radical (unpaired) electrons. The van der Waals surface area contributed by atoms with Crippen LogP contribution < -0.4 is 16.2 Å². The molecule has 9 heteroatoms. The number of aromatic nitrogens is 3. The second kappa shape index (κ2) is 8.86. The summed E-state index contributed by atoms with van der Waals surface area (Å²) in [6.45, 7) is 1.85. The van der Waals surface area contributed by atoms with Gasteiger partial charge < -0.3 is 15.6 Å². The molecule has 2 aromatic heterocycles. The zero-order valence-corrected chi connectivity index (χ0v) is 14.8. The number of nitrogens with zero attached hydrogens (tertiary/aromatic N) is 2. The van der Waals surface area contributed by atoms with E-state index in [1.807, 2.05) is 19.4 Å². The largest absolute Gasteiger partial charge is 0.352 e. The smallest absolute Gasteiger partial charge is 0.247 e. The third kappa shape index (κ3) is 4.59. The Kier molecular flexibility index (Phi) is 7.47. The van der Waals surface area contributed by atoms with Crippen LogP contribution >= 0.6 is 24.8 Å². The number of halogens is 2. The van der Waals surface area contributed by atoms with Crippen LogP contribution in [0, 0.1) is 5.92 Å². The van der Waals surface area contributed by atoms with E-state index >= 15 is 0 Å². The first-order valence-electron chi connectivity index (χ1n) is 7.28. The quantitative estimate of drug-likeness (QED) is 0.730. The van der Waals surface area contributed by atoms with Crippen molar-refractivity contribution in [3.8, 4) is 0 Å². The predicted octanol–water partition coefficient (Wildman–Crippen LogP) is 0.571. The van der Waals surface area contributed by atoms with E-state index in [2.05, 4.69) is 20.7 Å². The highest BCUT2D eigenvalue weighted by atomic mass is 35.5. The van der Waals surface area contributed by atoms with Crippen molar-refractivity contribution < 1.29 is 4.79 Å². The lowest BCUT2D eigenvalue weighted by atomic mass is 9.90. The highest BCUT2D eigenvalue weighted by Gasteiger charge is 2.34. The van der Waals surface area contributed by atoms with E-state index in [9.17, 15) is 9.59 Å². The number of H-pyrrole nitrogens is 1. The Bertz CT molecular complexity index is 710. The molecular weight excluding hydrogens is 353 g/mol. The molecule has 0 aliphatic carbocycles. The average molecular weight is 374 g/mol. The van der Waals surface area contributed by atoms with Gasteiger partial charge >= 0.3 is 0 Å². The number of carbonyl (C=O) groups excluding carboxylic acids is 1. The Morgan fingerprint density at radius 1 is 1.38 bits per heavy atom. The number of aryl methyl sites for hydroxylation is 1. The van der Waals surface area contributed by atoms with Gasteiger partial charge in [0, 0.05) is 51.1 Å². The number of aromatic amines is 1. The Hall–Kier alpha value is -1.83. The maximum Gasteiger partial charge on any atom is 0.247 e. The zero-order chi connectivity index (χ0) is 15.5. The fraction of sp³-hybridized carbons (Fsp3) is 0.400. The van der Waals surface area contributed by atoms with E-state index in [0.717, 1.165) is 17.7 Å². The molecule has 2 aromatic rings. The van der Waals surface area contributed by atoms with Gasteiger partial charge in [0.1, 0.15) is 0 Å². The van der Waals surface area contributed by atoms with Gasteiger partial charge in [-0.25, -0.2) is 0 Å². The van der Waals surface area contributed by atoms with Crippen LogP contribution in [0.25, 0.3) is 0 Å².